The summed E-state index contributed by atoms with van der Waals surface area (Å²) in [4.78, 5) is 21.6. The normalized spacial score (nSPS) is 12.7. The number of H-pyrrole nitrogens is 1. The van der Waals surface area contributed by atoms with Gasteiger partial charge in [-0.1, -0.05) is 26.0 Å². The number of aromatic amines is 1. The number of hydrogen-bond donors (Lipinski definition) is 2. The van der Waals surface area contributed by atoms with Crippen LogP contribution in [0.3, 0.4) is 0 Å². The second kappa shape index (κ2) is 7.92. The molecule has 2 heterocycles. The SMILES string of the molecule is C=CCN(CC=C)[C@H](CNc1nc2c(cnn2C)c(=O)[nH]1)C(C)C. The first kappa shape index (κ1) is 17.9. The molecule has 0 aliphatic carbocycles. The molecule has 0 aromatic carbocycles. The van der Waals surface area contributed by atoms with Gasteiger partial charge < -0.3 is 5.32 Å². The largest absolute Gasteiger partial charge is 0.354 e. The Morgan fingerprint density at radius 1 is 1.38 bits per heavy atom. The molecule has 1 atom stereocenters. The van der Waals surface area contributed by atoms with Crippen LogP contribution in [0.4, 0.5) is 5.95 Å². The molecule has 130 valence electrons. The van der Waals surface area contributed by atoms with Gasteiger partial charge >= 0.3 is 0 Å². The molecule has 0 radical (unpaired) electrons. The van der Waals surface area contributed by atoms with Gasteiger partial charge in [0.1, 0.15) is 5.39 Å². The van der Waals surface area contributed by atoms with Crippen LogP contribution in [0.15, 0.2) is 36.3 Å². The predicted octanol–water partition coefficient (Wildman–Crippen LogP) is 1.77. The smallest absolute Gasteiger partial charge is 0.263 e. The molecule has 0 spiro atoms. The lowest BCUT2D eigenvalue weighted by atomic mass is 10.0. The minimum atomic E-state index is -0.189. The highest BCUT2D eigenvalue weighted by Crippen LogP contribution is 2.13. The molecular formula is C17H26N6O. The summed E-state index contributed by atoms with van der Waals surface area (Å²) >= 11 is 0. The van der Waals surface area contributed by atoms with Crippen molar-refractivity contribution in [1.29, 1.82) is 0 Å². The Bertz CT molecular complexity index is 750. The summed E-state index contributed by atoms with van der Waals surface area (Å²) in [6.07, 6.45) is 5.30. The molecule has 7 nitrogen and oxygen atoms in total. The maximum absolute atomic E-state index is 12.1. The number of nitrogens with one attached hydrogen (secondary N) is 2. The van der Waals surface area contributed by atoms with Crippen molar-refractivity contribution in [3.8, 4) is 0 Å². The Morgan fingerprint density at radius 2 is 2.04 bits per heavy atom. The van der Waals surface area contributed by atoms with Gasteiger partial charge in [-0.25, -0.2) is 0 Å². The number of rotatable bonds is 9. The fourth-order valence-corrected chi connectivity index (χ4v) is 2.78. The highest BCUT2D eigenvalue weighted by Gasteiger charge is 2.20. The lowest BCUT2D eigenvalue weighted by Crippen LogP contribution is -2.44. The van der Waals surface area contributed by atoms with E-state index in [9.17, 15) is 4.79 Å². The highest BCUT2D eigenvalue weighted by molar-refractivity contribution is 5.74. The molecule has 0 bridgehead atoms. The zero-order valence-electron chi connectivity index (χ0n) is 14.6. The fourth-order valence-electron chi connectivity index (χ4n) is 2.78. The van der Waals surface area contributed by atoms with Crippen LogP contribution >= 0.6 is 0 Å². The summed E-state index contributed by atoms with van der Waals surface area (Å²) < 4.78 is 1.59. The summed E-state index contributed by atoms with van der Waals surface area (Å²) in [5.41, 5.74) is 0.377. The van der Waals surface area contributed by atoms with Gasteiger partial charge in [-0.05, 0) is 5.92 Å². The van der Waals surface area contributed by atoms with Crippen LogP contribution < -0.4 is 10.9 Å². The summed E-state index contributed by atoms with van der Waals surface area (Å²) in [5, 5.41) is 7.82. The third kappa shape index (κ3) is 3.91. The van der Waals surface area contributed by atoms with E-state index in [-0.39, 0.29) is 11.6 Å². The molecule has 0 saturated heterocycles. The van der Waals surface area contributed by atoms with Crippen LogP contribution in [-0.4, -0.2) is 50.3 Å². The van der Waals surface area contributed by atoms with Gasteiger partial charge in [0, 0.05) is 32.7 Å². The van der Waals surface area contributed by atoms with Crippen LogP contribution in [0.1, 0.15) is 13.8 Å². The Balaban J connectivity index is 2.19. The first-order valence-electron chi connectivity index (χ1n) is 8.09. The van der Waals surface area contributed by atoms with Crippen molar-refractivity contribution >= 4 is 17.0 Å². The average Bonchev–Trinajstić information content (AvgIpc) is 2.89. The number of hydrogen-bond acceptors (Lipinski definition) is 5. The van der Waals surface area contributed by atoms with Gasteiger partial charge in [0.15, 0.2) is 5.65 Å². The highest BCUT2D eigenvalue weighted by atomic mass is 16.1. The number of anilines is 1. The summed E-state index contributed by atoms with van der Waals surface area (Å²) in [6, 6.07) is 0.258. The third-order valence-electron chi connectivity index (χ3n) is 4.05. The number of aryl methyl sites for hydroxylation is 1. The number of fused-ring (bicyclic) bond motifs is 1. The molecular weight excluding hydrogens is 304 g/mol. The molecule has 7 heteroatoms. The van der Waals surface area contributed by atoms with Crippen LogP contribution in [0, 0.1) is 5.92 Å². The molecule has 0 unspecified atom stereocenters. The number of nitrogens with zero attached hydrogens (tertiary/aromatic N) is 4. The van der Waals surface area contributed by atoms with Crippen molar-refractivity contribution in [2.75, 3.05) is 25.0 Å². The van der Waals surface area contributed by atoms with Gasteiger partial charge in [-0.15, -0.1) is 13.2 Å². The summed E-state index contributed by atoms with van der Waals surface area (Å²) in [5.74, 6) is 0.878. The molecule has 2 aromatic heterocycles. The van der Waals surface area contributed by atoms with Gasteiger partial charge in [-0.3, -0.25) is 19.4 Å². The second-order valence-electron chi connectivity index (χ2n) is 6.14. The topological polar surface area (TPSA) is 78.8 Å². The van der Waals surface area contributed by atoms with Gasteiger partial charge in [-0.2, -0.15) is 10.1 Å². The zero-order chi connectivity index (χ0) is 17.7. The zero-order valence-corrected chi connectivity index (χ0v) is 14.6. The average molecular weight is 330 g/mol. The summed E-state index contributed by atoms with van der Waals surface area (Å²) in [7, 11) is 1.77. The van der Waals surface area contributed by atoms with Crippen molar-refractivity contribution in [1.82, 2.24) is 24.6 Å². The predicted molar refractivity (Wildman–Crippen MR) is 98.2 cm³/mol. The Morgan fingerprint density at radius 3 is 2.62 bits per heavy atom. The van der Waals surface area contributed by atoms with E-state index in [1.165, 1.54) is 6.20 Å². The van der Waals surface area contributed by atoms with Crippen molar-refractivity contribution in [3.05, 3.63) is 41.9 Å². The van der Waals surface area contributed by atoms with E-state index < -0.39 is 0 Å². The molecule has 0 aliphatic rings. The molecule has 2 aromatic rings. The lowest BCUT2D eigenvalue weighted by Gasteiger charge is -2.33. The molecule has 0 saturated carbocycles. The van der Waals surface area contributed by atoms with E-state index in [0.717, 1.165) is 13.1 Å². The maximum atomic E-state index is 12.1. The molecule has 2 N–H and O–H groups in total. The molecule has 2 rings (SSSR count). The minimum Gasteiger partial charge on any atom is -0.354 e. The number of aromatic nitrogens is 4. The first-order valence-corrected chi connectivity index (χ1v) is 8.09. The van der Waals surface area contributed by atoms with E-state index in [2.05, 4.69) is 52.3 Å². The van der Waals surface area contributed by atoms with E-state index in [4.69, 9.17) is 0 Å². The third-order valence-corrected chi connectivity index (χ3v) is 4.05. The standard InChI is InChI=1S/C17H26N6O/c1-6-8-23(9-7-2)14(12(3)4)11-18-17-20-15-13(16(24)21-17)10-19-22(15)5/h6-7,10,12,14H,1-2,8-9,11H2,3-5H3,(H2,18,20,21,24)/t14-/m1/s1. The Labute approximate surface area is 142 Å². The van der Waals surface area contributed by atoms with E-state index in [1.807, 2.05) is 12.2 Å². The van der Waals surface area contributed by atoms with Crippen LogP contribution in [0.5, 0.6) is 0 Å². The minimum absolute atomic E-state index is 0.189. The second-order valence-corrected chi connectivity index (χ2v) is 6.14. The van der Waals surface area contributed by atoms with Crippen molar-refractivity contribution < 1.29 is 0 Å². The van der Waals surface area contributed by atoms with E-state index in [0.29, 0.717) is 29.4 Å². The van der Waals surface area contributed by atoms with Crippen LogP contribution in [0.25, 0.3) is 11.0 Å². The molecule has 24 heavy (non-hydrogen) atoms. The quantitative estimate of drug-likeness (QED) is 0.685. The Kier molecular flexibility index (Phi) is 5.92. The molecule has 0 aliphatic heterocycles. The van der Waals surface area contributed by atoms with Crippen LogP contribution in [0.2, 0.25) is 0 Å². The Hall–Kier alpha value is -2.41. The van der Waals surface area contributed by atoms with Crippen molar-refractivity contribution in [3.63, 3.8) is 0 Å². The fraction of sp³-hybridized carbons (Fsp3) is 0.471. The maximum Gasteiger partial charge on any atom is 0.263 e. The summed E-state index contributed by atoms with van der Waals surface area (Å²) in [6.45, 7) is 14.2. The molecule has 0 fully saturated rings. The van der Waals surface area contributed by atoms with Crippen LogP contribution in [-0.2, 0) is 7.05 Å². The van der Waals surface area contributed by atoms with Gasteiger partial charge in [0.05, 0.1) is 6.20 Å². The molecule has 0 amide bonds. The van der Waals surface area contributed by atoms with E-state index in [1.54, 1.807) is 11.7 Å². The monoisotopic (exact) mass is 330 g/mol. The van der Waals surface area contributed by atoms with Gasteiger partial charge in [0.25, 0.3) is 5.56 Å². The van der Waals surface area contributed by atoms with Crippen molar-refractivity contribution in [2.45, 2.75) is 19.9 Å². The van der Waals surface area contributed by atoms with Crippen molar-refractivity contribution in [2.24, 2.45) is 13.0 Å². The van der Waals surface area contributed by atoms with Gasteiger partial charge in [0.2, 0.25) is 5.95 Å². The van der Waals surface area contributed by atoms with E-state index >= 15 is 0 Å². The first-order chi connectivity index (χ1) is 11.5. The lowest BCUT2D eigenvalue weighted by molar-refractivity contribution is 0.199.